The van der Waals surface area contributed by atoms with Gasteiger partial charge < -0.3 is 15.0 Å². The molecule has 1 saturated heterocycles. The summed E-state index contributed by atoms with van der Waals surface area (Å²) in [6.45, 7) is 6.21. The number of nitriles is 1. The number of carbonyl (C=O) groups excluding carboxylic acids is 1. The molecule has 0 amide bonds. The van der Waals surface area contributed by atoms with Gasteiger partial charge in [-0.05, 0) is 64.0 Å². The molecule has 1 aromatic carbocycles. The first kappa shape index (κ1) is 27.4. The number of hydrogen-bond acceptors (Lipinski definition) is 9. The molecule has 0 aliphatic carbocycles. The Labute approximate surface area is 214 Å². The number of benzene rings is 1. The minimum absolute atomic E-state index is 0.0404. The van der Waals surface area contributed by atoms with Crippen molar-refractivity contribution in [2.24, 2.45) is 0 Å². The molecule has 1 aliphatic rings. The van der Waals surface area contributed by atoms with E-state index in [4.69, 9.17) is 4.74 Å². The van der Waals surface area contributed by atoms with Crippen molar-refractivity contribution in [3.8, 4) is 6.07 Å². The zero-order chi connectivity index (χ0) is 26.1. The Balaban J connectivity index is 1.72. The Morgan fingerprint density at radius 1 is 1.17 bits per heavy atom. The minimum Gasteiger partial charge on any atom is -0.462 e. The molecule has 1 fully saturated rings. The Kier molecular flexibility index (Phi) is 9.69. The van der Waals surface area contributed by atoms with Crippen LogP contribution < -0.4 is 24.8 Å². The second kappa shape index (κ2) is 12.7. The smallest absolute Gasteiger partial charge is 0.351 e. The zero-order valence-corrected chi connectivity index (χ0v) is 22.1. The molecule has 36 heavy (non-hydrogen) atoms. The third-order valence-corrected chi connectivity index (χ3v) is 8.08. The molecule has 2 heterocycles. The number of sulfonamides is 1. The van der Waals surface area contributed by atoms with Gasteiger partial charge in [0.05, 0.1) is 12.4 Å². The molecule has 12 heteroatoms. The maximum atomic E-state index is 12.8. The van der Waals surface area contributed by atoms with Crippen LogP contribution >= 0.6 is 11.3 Å². The molecule has 3 rings (SSSR count). The SMILES string of the molecule is CCOC(=O)C(C#N)=c1sc(=CNc2ccc(NS(=O)(=O)CCN3CCCCC3)cc2)c(=O)n1CC. The van der Waals surface area contributed by atoms with Crippen LogP contribution in [0.3, 0.4) is 0 Å². The van der Waals surface area contributed by atoms with Gasteiger partial charge >= 0.3 is 5.97 Å². The molecule has 2 N–H and O–H groups in total. The van der Waals surface area contributed by atoms with Crippen LogP contribution in [-0.4, -0.2) is 55.8 Å². The quantitative estimate of drug-likeness (QED) is 0.436. The standard InChI is InChI=1S/C24H31N5O5S2/c1-3-29-22(30)21(35-23(29)20(16-25)24(31)34-4-2)17-26-18-8-10-19(11-9-18)27-36(32,33)15-14-28-12-6-5-7-13-28/h8-11,17,26-27H,3-7,12-15H2,1-2H3. The minimum atomic E-state index is -3.46. The van der Waals surface area contributed by atoms with Crippen molar-refractivity contribution in [1.29, 1.82) is 5.26 Å². The van der Waals surface area contributed by atoms with Crippen LogP contribution in [-0.2, 0) is 26.1 Å². The fraction of sp³-hybridized carbons (Fsp3) is 0.458. The molecule has 0 atom stereocenters. The van der Waals surface area contributed by atoms with Gasteiger partial charge in [0.2, 0.25) is 10.0 Å². The predicted molar refractivity (Wildman–Crippen MR) is 141 cm³/mol. The van der Waals surface area contributed by atoms with Crippen molar-refractivity contribution < 1.29 is 17.9 Å². The van der Waals surface area contributed by atoms with Gasteiger partial charge in [-0.2, -0.15) is 5.26 Å². The van der Waals surface area contributed by atoms with E-state index in [0.29, 0.717) is 22.5 Å². The maximum absolute atomic E-state index is 12.8. The van der Waals surface area contributed by atoms with Crippen LogP contribution in [0.25, 0.3) is 11.8 Å². The van der Waals surface area contributed by atoms with Crippen molar-refractivity contribution in [1.82, 2.24) is 9.47 Å². The number of carbonyl (C=O) groups is 1. The summed E-state index contributed by atoms with van der Waals surface area (Å²) in [4.78, 5) is 27.1. The molecule has 0 saturated carbocycles. The number of nitrogens with zero attached hydrogens (tertiary/aromatic N) is 3. The van der Waals surface area contributed by atoms with Crippen molar-refractivity contribution in [2.45, 2.75) is 39.7 Å². The highest BCUT2D eigenvalue weighted by Gasteiger charge is 2.17. The lowest BCUT2D eigenvalue weighted by Crippen LogP contribution is -2.35. The highest BCUT2D eigenvalue weighted by Crippen LogP contribution is 2.15. The topological polar surface area (TPSA) is 134 Å². The monoisotopic (exact) mass is 533 g/mol. The number of thiazole rings is 1. The fourth-order valence-electron chi connectivity index (χ4n) is 3.82. The van der Waals surface area contributed by atoms with Gasteiger partial charge in [-0.3, -0.25) is 14.1 Å². The van der Waals surface area contributed by atoms with E-state index in [9.17, 15) is 23.3 Å². The molecular weight excluding hydrogens is 502 g/mol. The largest absolute Gasteiger partial charge is 0.462 e. The molecule has 1 aliphatic heterocycles. The van der Waals surface area contributed by atoms with Gasteiger partial charge in [0.25, 0.3) is 5.56 Å². The summed E-state index contributed by atoms with van der Waals surface area (Å²) in [5.41, 5.74) is 0.546. The number of piperidine rings is 1. The number of hydrogen-bond donors (Lipinski definition) is 2. The maximum Gasteiger partial charge on any atom is 0.351 e. The Hall–Kier alpha value is -3.14. The highest BCUT2D eigenvalue weighted by molar-refractivity contribution is 7.92. The lowest BCUT2D eigenvalue weighted by molar-refractivity contribution is -0.136. The van der Waals surface area contributed by atoms with Gasteiger partial charge in [-0.1, -0.05) is 6.42 Å². The first-order valence-electron chi connectivity index (χ1n) is 11.9. The van der Waals surface area contributed by atoms with Crippen LogP contribution in [0.5, 0.6) is 0 Å². The number of esters is 1. The number of anilines is 2. The van der Waals surface area contributed by atoms with Gasteiger partial charge in [-0.25, -0.2) is 13.2 Å². The van der Waals surface area contributed by atoms with Crippen molar-refractivity contribution in [3.05, 3.63) is 43.8 Å². The van der Waals surface area contributed by atoms with E-state index in [1.54, 1.807) is 38.1 Å². The summed E-state index contributed by atoms with van der Waals surface area (Å²) in [5.74, 6) is -0.726. The summed E-state index contributed by atoms with van der Waals surface area (Å²) in [7, 11) is -3.46. The lowest BCUT2D eigenvalue weighted by atomic mass is 10.1. The number of aromatic nitrogens is 1. The number of likely N-dealkylation sites (tertiary alicyclic amines) is 1. The van der Waals surface area contributed by atoms with Crippen LogP contribution in [0.2, 0.25) is 0 Å². The Morgan fingerprint density at radius 2 is 1.83 bits per heavy atom. The average molecular weight is 534 g/mol. The van der Waals surface area contributed by atoms with Crippen molar-refractivity contribution >= 4 is 50.5 Å². The third kappa shape index (κ3) is 7.19. The Morgan fingerprint density at radius 3 is 2.44 bits per heavy atom. The summed E-state index contributed by atoms with van der Waals surface area (Å²) in [6, 6.07) is 8.51. The van der Waals surface area contributed by atoms with Crippen LogP contribution in [0, 0.1) is 11.3 Å². The van der Waals surface area contributed by atoms with Crippen LogP contribution in [0.4, 0.5) is 11.4 Å². The third-order valence-electron chi connectivity index (χ3n) is 5.68. The van der Waals surface area contributed by atoms with Gasteiger partial charge in [0, 0.05) is 30.7 Å². The van der Waals surface area contributed by atoms with Crippen molar-refractivity contribution in [3.63, 3.8) is 0 Å². The van der Waals surface area contributed by atoms with Crippen molar-refractivity contribution in [2.75, 3.05) is 42.0 Å². The summed E-state index contributed by atoms with van der Waals surface area (Å²) < 4.78 is 34.4. The highest BCUT2D eigenvalue weighted by atomic mass is 32.2. The first-order valence-corrected chi connectivity index (χ1v) is 14.4. The van der Waals surface area contributed by atoms with E-state index in [1.165, 1.54) is 17.2 Å². The summed E-state index contributed by atoms with van der Waals surface area (Å²) in [5, 5.41) is 12.5. The fourth-order valence-corrected chi connectivity index (χ4v) is 6.00. The predicted octanol–water partition coefficient (Wildman–Crippen LogP) is 1.24. The molecule has 2 aromatic rings. The first-order chi connectivity index (χ1) is 17.3. The van der Waals surface area contributed by atoms with Gasteiger partial charge in [-0.15, -0.1) is 11.3 Å². The number of rotatable bonds is 10. The van der Waals surface area contributed by atoms with Gasteiger partial charge in [0.1, 0.15) is 15.3 Å². The molecule has 194 valence electrons. The number of nitrogens with one attached hydrogen (secondary N) is 2. The normalized spacial score (nSPS) is 15.8. The lowest BCUT2D eigenvalue weighted by Gasteiger charge is -2.26. The molecule has 0 spiro atoms. The van der Waals surface area contributed by atoms with Crippen LogP contribution in [0.15, 0.2) is 29.1 Å². The second-order valence-corrected chi connectivity index (χ2v) is 11.1. The van der Waals surface area contributed by atoms with E-state index >= 15 is 0 Å². The Bertz CT molecular complexity index is 1380. The van der Waals surface area contributed by atoms with E-state index in [0.717, 1.165) is 37.3 Å². The second-order valence-electron chi connectivity index (χ2n) is 8.22. The zero-order valence-electron chi connectivity index (χ0n) is 20.5. The van der Waals surface area contributed by atoms with E-state index in [2.05, 4.69) is 14.9 Å². The van der Waals surface area contributed by atoms with E-state index in [-0.39, 0.29) is 34.7 Å². The summed E-state index contributed by atoms with van der Waals surface area (Å²) >= 11 is 1.02. The number of ether oxygens (including phenoxy) is 1. The summed E-state index contributed by atoms with van der Waals surface area (Å²) in [6.07, 6.45) is 4.93. The van der Waals surface area contributed by atoms with Gasteiger partial charge in [0.15, 0.2) is 5.57 Å². The van der Waals surface area contributed by atoms with Crippen LogP contribution in [0.1, 0.15) is 33.1 Å². The molecule has 0 radical (unpaired) electrons. The molecule has 1 aromatic heterocycles. The molecule has 0 bridgehead atoms. The average Bonchev–Trinajstić information content (AvgIpc) is 3.18. The van der Waals surface area contributed by atoms with E-state index in [1.807, 2.05) is 6.07 Å². The molecule has 0 unspecified atom stereocenters. The van der Waals surface area contributed by atoms with E-state index < -0.39 is 16.0 Å². The molecular formula is C24H31N5O5S2. The molecule has 10 nitrogen and oxygen atoms in total.